The van der Waals surface area contributed by atoms with E-state index in [1.165, 1.54) is 45.2 Å². The van der Waals surface area contributed by atoms with Gasteiger partial charge in [0.05, 0.1) is 6.10 Å². The van der Waals surface area contributed by atoms with Gasteiger partial charge in [0.15, 0.2) is 0 Å². The average molecular weight is 256 g/mol. The minimum absolute atomic E-state index is 0.473. The zero-order valence-electron chi connectivity index (χ0n) is 12.7. The zero-order chi connectivity index (χ0) is 13.4. The zero-order valence-corrected chi connectivity index (χ0v) is 12.7. The lowest BCUT2D eigenvalue weighted by Crippen LogP contribution is -2.50. The van der Waals surface area contributed by atoms with Crippen LogP contribution in [0.2, 0.25) is 0 Å². The summed E-state index contributed by atoms with van der Waals surface area (Å²) in [7, 11) is 1.84. The minimum Gasteiger partial charge on any atom is -0.381 e. The SMILES string of the molecule is CCCCCNCC(C)N1CCC(OC)CC1C. The molecule has 0 spiro atoms. The van der Waals surface area contributed by atoms with Crippen molar-refractivity contribution < 1.29 is 4.74 Å². The van der Waals surface area contributed by atoms with Crippen molar-refractivity contribution in [2.24, 2.45) is 0 Å². The van der Waals surface area contributed by atoms with Crippen molar-refractivity contribution in [3.8, 4) is 0 Å². The van der Waals surface area contributed by atoms with Crippen LogP contribution in [0.5, 0.6) is 0 Å². The Morgan fingerprint density at radius 1 is 1.39 bits per heavy atom. The highest BCUT2D eigenvalue weighted by molar-refractivity contribution is 4.83. The summed E-state index contributed by atoms with van der Waals surface area (Å²) in [6, 6.07) is 1.29. The van der Waals surface area contributed by atoms with Gasteiger partial charge >= 0.3 is 0 Å². The van der Waals surface area contributed by atoms with E-state index in [0.29, 0.717) is 18.2 Å². The molecule has 3 nitrogen and oxygen atoms in total. The first-order valence-corrected chi connectivity index (χ1v) is 7.68. The van der Waals surface area contributed by atoms with Crippen molar-refractivity contribution in [3.63, 3.8) is 0 Å². The molecule has 1 N–H and O–H groups in total. The maximum Gasteiger partial charge on any atom is 0.0598 e. The van der Waals surface area contributed by atoms with Gasteiger partial charge in [0, 0.05) is 32.3 Å². The summed E-state index contributed by atoms with van der Waals surface area (Å²) in [5, 5.41) is 3.59. The summed E-state index contributed by atoms with van der Waals surface area (Å²) in [5.41, 5.74) is 0. The van der Waals surface area contributed by atoms with E-state index in [1.807, 2.05) is 7.11 Å². The number of unbranched alkanes of at least 4 members (excludes halogenated alkanes) is 2. The molecule has 0 aromatic heterocycles. The van der Waals surface area contributed by atoms with Crippen LogP contribution in [-0.4, -0.2) is 49.8 Å². The van der Waals surface area contributed by atoms with Crippen LogP contribution in [0.25, 0.3) is 0 Å². The van der Waals surface area contributed by atoms with E-state index >= 15 is 0 Å². The monoisotopic (exact) mass is 256 g/mol. The second kappa shape index (κ2) is 8.89. The summed E-state index contributed by atoms with van der Waals surface area (Å²) in [4.78, 5) is 2.63. The van der Waals surface area contributed by atoms with Crippen LogP contribution in [0.15, 0.2) is 0 Å². The number of hydrogen-bond acceptors (Lipinski definition) is 3. The van der Waals surface area contributed by atoms with Crippen molar-refractivity contribution in [1.29, 1.82) is 0 Å². The van der Waals surface area contributed by atoms with Gasteiger partial charge in [-0.15, -0.1) is 0 Å². The standard InChI is InChI=1S/C15H32N2O/c1-5-6-7-9-16-12-14(3)17-10-8-15(18-4)11-13(17)2/h13-16H,5-12H2,1-4H3. The predicted octanol–water partition coefficient (Wildman–Crippen LogP) is 2.65. The Balaban J connectivity index is 2.19. The van der Waals surface area contributed by atoms with Gasteiger partial charge in [-0.05, 0) is 39.7 Å². The third kappa shape index (κ3) is 5.25. The van der Waals surface area contributed by atoms with Crippen molar-refractivity contribution in [2.45, 2.75) is 71.1 Å². The molecule has 0 saturated carbocycles. The van der Waals surface area contributed by atoms with E-state index < -0.39 is 0 Å². The van der Waals surface area contributed by atoms with Gasteiger partial charge in [-0.1, -0.05) is 19.8 Å². The predicted molar refractivity (Wildman–Crippen MR) is 78.1 cm³/mol. The van der Waals surface area contributed by atoms with Crippen LogP contribution in [0.1, 0.15) is 52.9 Å². The molecule has 3 unspecified atom stereocenters. The normalized spacial score (nSPS) is 27.3. The van der Waals surface area contributed by atoms with Crippen LogP contribution in [-0.2, 0) is 4.74 Å². The molecule has 1 saturated heterocycles. The van der Waals surface area contributed by atoms with Crippen molar-refractivity contribution in [1.82, 2.24) is 10.2 Å². The minimum atomic E-state index is 0.473. The molecule has 0 aromatic carbocycles. The van der Waals surface area contributed by atoms with Crippen LogP contribution < -0.4 is 5.32 Å². The number of ether oxygens (including phenoxy) is 1. The second-order valence-electron chi connectivity index (χ2n) is 5.73. The molecule has 18 heavy (non-hydrogen) atoms. The maximum absolute atomic E-state index is 5.47. The molecular weight excluding hydrogens is 224 g/mol. The number of piperidine rings is 1. The van der Waals surface area contributed by atoms with E-state index in [4.69, 9.17) is 4.74 Å². The van der Waals surface area contributed by atoms with E-state index in [9.17, 15) is 0 Å². The van der Waals surface area contributed by atoms with E-state index in [1.54, 1.807) is 0 Å². The van der Waals surface area contributed by atoms with Crippen LogP contribution in [0, 0.1) is 0 Å². The molecular formula is C15H32N2O. The van der Waals surface area contributed by atoms with Gasteiger partial charge in [-0.2, -0.15) is 0 Å². The number of methoxy groups -OCH3 is 1. The van der Waals surface area contributed by atoms with E-state index in [-0.39, 0.29) is 0 Å². The third-order valence-corrected chi connectivity index (χ3v) is 4.18. The first kappa shape index (κ1) is 15.9. The fraction of sp³-hybridized carbons (Fsp3) is 1.00. The number of rotatable bonds is 8. The smallest absolute Gasteiger partial charge is 0.0598 e. The highest BCUT2D eigenvalue weighted by Gasteiger charge is 2.28. The molecule has 108 valence electrons. The molecule has 1 aliphatic rings. The molecule has 0 bridgehead atoms. The van der Waals surface area contributed by atoms with Gasteiger partial charge in [0.25, 0.3) is 0 Å². The lowest BCUT2D eigenvalue weighted by Gasteiger charge is -2.41. The molecule has 1 rings (SSSR count). The second-order valence-corrected chi connectivity index (χ2v) is 5.73. The first-order valence-electron chi connectivity index (χ1n) is 7.68. The van der Waals surface area contributed by atoms with Crippen LogP contribution in [0.4, 0.5) is 0 Å². The maximum atomic E-state index is 5.47. The topological polar surface area (TPSA) is 24.5 Å². The first-order chi connectivity index (χ1) is 8.69. The molecule has 0 aromatic rings. The largest absolute Gasteiger partial charge is 0.381 e. The van der Waals surface area contributed by atoms with Crippen molar-refractivity contribution in [2.75, 3.05) is 26.7 Å². The fourth-order valence-electron chi connectivity index (χ4n) is 2.94. The Bertz CT molecular complexity index is 211. The van der Waals surface area contributed by atoms with Crippen LogP contribution >= 0.6 is 0 Å². The summed E-state index contributed by atoms with van der Waals surface area (Å²) in [6.45, 7) is 10.4. The molecule has 1 heterocycles. The summed E-state index contributed by atoms with van der Waals surface area (Å²) < 4.78 is 5.47. The van der Waals surface area contributed by atoms with Gasteiger partial charge < -0.3 is 10.1 Å². The summed E-state index contributed by atoms with van der Waals surface area (Å²) in [6.07, 6.45) is 6.79. The summed E-state index contributed by atoms with van der Waals surface area (Å²) >= 11 is 0. The van der Waals surface area contributed by atoms with Gasteiger partial charge in [0.2, 0.25) is 0 Å². The van der Waals surface area contributed by atoms with Crippen LogP contribution in [0.3, 0.4) is 0 Å². The van der Waals surface area contributed by atoms with E-state index in [0.717, 1.165) is 6.54 Å². The average Bonchev–Trinajstić information content (AvgIpc) is 2.38. The highest BCUT2D eigenvalue weighted by Crippen LogP contribution is 2.21. The number of hydrogen-bond donors (Lipinski definition) is 1. The highest BCUT2D eigenvalue weighted by atomic mass is 16.5. The molecule has 0 aliphatic carbocycles. The Kier molecular flexibility index (Phi) is 7.87. The number of likely N-dealkylation sites (tertiary alicyclic amines) is 1. The molecule has 3 heteroatoms. The Morgan fingerprint density at radius 3 is 2.78 bits per heavy atom. The lowest BCUT2D eigenvalue weighted by molar-refractivity contribution is 0.00192. The lowest BCUT2D eigenvalue weighted by atomic mass is 9.99. The van der Waals surface area contributed by atoms with Gasteiger partial charge in [-0.3, -0.25) is 4.90 Å². The number of nitrogens with one attached hydrogen (secondary N) is 1. The molecule has 0 radical (unpaired) electrons. The molecule has 0 amide bonds. The number of nitrogens with zero attached hydrogens (tertiary/aromatic N) is 1. The Morgan fingerprint density at radius 2 is 2.17 bits per heavy atom. The van der Waals surface area contributed by atoms with Crippen molar-refractivity contribution >= 4 is 0 Å². The van der Waals surface area contributed by atoms with Gasteiger partial charge in [-0.25, -0.2) is 0 Å². The molecule has 1 fully saturated rings. The Labute approximate surface area is 113 Å². The summed E-state index contributed by atoms with van der Waals surface area (Å²) in [5.74, 6) is 0. The van der Waals surface area contributed by atoms with Crippen molar-refractivity contribution in [3.05, 3.63) is 0 Å². The molecule has 1 aliphatic heterocycles. The fourth-order valence-corrected chi connectivity index (χ4v) is 2.94. The van der Waals surface area contributed by atoms with Gasteiger partial charge in [0.1, 0.15) is 0 Å². The molecule has 3 atom stereocenters. The quantitative estimate of drug-likeness (QED) is 0.676. The van der Waals surface area contributed by atoms with E-state index in [2.05, 4.69) is 31.0 Å². The third-order valence-electron chi connectivity index (χ3n) is 4.18. The Hall–Kier alpha value is -0.120.